The standard InChI is InChI=1S/C21H21BrClNO3/c1-14-12-17(22)21(18(23)13-14)27-11-9-25-8-10-26-19-5-3-4-16-7-6-15(2)24-20(16)19/h3-7,12-13H,8-11H2,1-2H3. The zero-order chi connectivity index (χ0) is 19.2. The number of nitrogens with zero attached hydrogens (tertiary/aromatic N) is 1. The molecule has 0 saturated carbocycles. The Hall–Kier alpha value is -1.82. The fourth-order valence-corrected chi connectivity index (χ4v) is 3.81. The van der Waals surface area contributed by atoms with E-state index in [1.807, 2.05) is 56.3 Å². The van der Waals surface area contributed by atoms with Gasteiger partial charge in [-0.2, -0.15) is 0 Å². The second-order valence-electron chi connectivity index (χ2n) is 6.15. The molecule has 0 atom stereocenters. The second-order valence-corrected chi connectivity index (χ2v) is 7.41. The number of benzene rings is 2. The van der Waals surface area contributed by atoms with Crippen molar-refractivity contribution in [1.29, 1.82) is 0 Å². The Bertz CT molecular complexity index is 909. The number of aromatic nitrogens is 1. The van der Waals surface area contributed by atoms with Gasteiger partial charge in [0.1, 0.15) is 24.5 Å². The van der Waals surface area contributed by atoms with Gasteiger partial charge in [0.15, 0.2) is 5.75 Å². The first kappa shape index (κ1) is 19.9. The zero-order valence-electron chi connectivity index (χ0n) is 15.3. The summed E-state index contributed by atoms with van der Waals surface area (Å²) >= 11 is 9.67. The van der Waals surface area contributed by atoms with Gasteiger partial charge in [-0.3, -0.25) is 0 Å². The van der Waals surface area contributed by atoms with E-state index in [0.717, 1.165) is 32.4 Å². The molecule has 3 rings (SSSR count). The van der Waals surface area contributed by atoms with Gasteiger partial charge in [0, 0.05) is 11.1 Å². The van der Waals surface area contributed by atoms with E-state index < -0.39 is 0 Å². The van der Waals surface area contributed by atoms with Crippen molar-refractivity contribution < 1.29 is 14.2 Å². The molecule has 0 spiro atoms. The number of para-hydroxylation sites is 1. The van der Waals surface area contributed by atoms with E-state index in [1.165, 1.54) is 0 Å². The summed E-state index contributed by atoms with van der Waals surface area (Å²) in [6, 6.07) is 13.8. The Morgan fingerprint density at radius 1 is 0.963 bits per heavy atom. The Kier molecular flexibility index (Phi) is 6.94. The molecule has 0 aliphatic carbocycles. The number of fused-ring (bicyclic) bond motifs is 1. The Balaban J connectivity index is 1.42. The van der Waals surface area contributed by atoms with Gasteiger partial charge in [0.25, 0.3) is 0 Å². The van der Waals surface area contributed by atoms with Crippen LogP contribution in [-0.2, 0) is 4.74 Å². The van der Waals surface area contributed by atoms with Crippen LogP contribution < -0.4 is 9.47 Å². The first-order valence-corrected chi connectivity index (χ1v) is 9.87. The summed E-state index contributed by atoms with van der Waals surface area (Å²) in [5, 5.41) is 1.65. The molecule has 27 heavy (non-hydrogen) atoms. The molecule has 142 valence electrons. The molecule has 0 unspecified atom stereocenters. The maximum atomic E-state index is 6.20. The predicted molar refractivity (Wildman–Crippen MR) is 112 cm³/mol. The molecule has 0 radical (unpaired) electrons. The van der Waals surface area contributed by atoms with E-state index in [-0.39, 0.29) is 0 Å². The minimum Gasteiger partial charge on any atom is -0.489 e. The summed E-state index contributed by atoms with van der Waals surface area (Å²) in [5.74, 6) is 1.41. The normalized spacial score (nSPS) is 11.0. The molecule has 3 aromatic rings. The smallest absolute Gasteiger partial charge is 0.152 e. The first-order valence-electron chi connectivity index (χ1n) is 8.70. The zero-order valence-corrected chi connectivity index (χ0v) is 17.6. The maximum absolute atomic E-state index is 6.20. The van der Waals surface area contributed by atoms with Gasteiger partial charge >= 0.3 is 0 Å². The van der Waals surface area contributed by atoms with Crippen LogP contribution in [0.5, 0.6) is 11.5 Å². The highest BCUT2D eigenvalue weighted by atomic mass is 79.9. The molecule has 0 N–H and O–H groups in total. The number of hydrogen-bond acceptors (Lipinski definition) is 4. The van der Waals surface area contributed by atoms with Crippen molar-refractivity contribution in [3.8, 4) is 11.5 Å². The van der Waals surface area contributed by atoms with Crippen molar-refractivity contribution in [2.45, 2.75) is 13.8 Å². The highest BCUT2D eigenvalue weighted by Crippen LogP contribution is 2.34. The van der Waals surface area contributed by atoms with Crippen molar-refractivity contribution in [1.82, 2.24) is 4.98 Å². The van der Waals surface area contributed by atoms with Crippen molar-refractivity contribution >= 4 is 38.4 Å². The van der Waals surface area contributed by atoms with Gasteiger partial charge in [-0.25, -0.2) is 4.98 Å². The molecule has 0 saturated heterocycles. The molecule has 1 aromatic heterocycles. The summed E-state index contributed by atoms with van der Waals surface area (Å²) in [4.78, 5) is 4.56. The number of ether oxygens (including phenoxy) is 3. The Morgan fingerprint density at radius 3 is 2.52 bits per heavy atom. The van der Waals surface area contributed by atoms with Crippen LogP contribution in [0.1, 0.15) is 11.3 Å². The van der Waals surface area contributed by atoms with Crippen molar-refractivity contribution in [2.75, 3.05) is 26.4 Å². The molecule has 1 heterocycles. The third-order valence-corrected chi connectivity index (χ3v) is 4.79. The number of halogens is 2. The highest BCUT2D eigenvalue weighted by Gasteiger charge is 2.08. The van der Waals surface area contributed by atoms with Gasteiger partial charge in [0.05, 0.1) is 22.7 Å². The van der Waals surface area contributed by atoms with Gasteiger partial charge in [-0.1, -0.05) is 29.8 Å². The van der Waals surface area contributed by atoms with E-state index in [4.69, 9.17) is 25.8 Å². The van der Waals surface area contributed by atoms with Crippen LogP contribution in [-0.4, -0.2) is 31.4 Å². The van der Waals surface area contributed by atoms with Crippen LogP contribution >= 0.6 is 27.5 Å². The Morgan fingerprint density at radius 2 is 1.74 bits per heavy atom. The SMILES string of the molecule is Cc1cc(Cl)c(OCCOCCOc2cccc3ccc(C)nc23)c(Br)c1. The molecule has 4 nitrogen and oxygen atoms in total. The lowest BCUT2D eigenvalue weighted by molar-refractivity contribution is 0.0766. The average Bonchev–Trinajstić information content (AvgIpc) is 2.62. The van der Waals surface area contributed by atoms with E-state index in [9.17, 15) is 0 Å². The molecule has 0 aliphatic rings. The Labute approximate surface area is 172 Å². The van der Waals surface area contributed by atoms with Crippen LogP contribution in [0.4, 0.5) is 0 Å². The minimum atomic E-state index is 0.413. The number of aryl methyl sites for hydroxylation is 2. The van der Waals surface area contributed by atoms with Crippen LogP contribution in [0.2, 0.25) is 5.02 Å². The van der Waals surface area contributed by atoms with Gasteiger partial charge in [-0.05, 0) is 59.6 Å². The summed E-state index contributed by atoms with van der Waals surface area (Å²) in [7, 11) is 0. The highest BCUT2D eigenvalue weighted by molar-refractivity contribution is 9.10. The van der Waals surface area contributed by atoms with Gasteiger partial charge < -0.3 is 14.2 Å². The molecule has 2 aromatic carbocycles. The maximum Gasteiger partial charge on any atom is 0.152 e. The summed E-state index contributed by atoms with van der Waals surface area (Å²) in [6.45, 7) is 5.73. The predicted octanol–water partition coefficient (Wildman–Crippen LogP) is 5.74. The molecular weight excluding hydrogens is 430 g/mol. The van der Waals surface area contributed by atoms with E-state index >= 15 is 0 Å². The number of pyridine rings is 1. The van der Waals surface area contributed by atoms with Crippen LogP contribution in [0.15, 0.2) is 46.9 Å². The van der Waals surface area contributed by atoms with Crippen LogP contribution in [0.3, 0.4) is 0 Å². The number of hydrogen-bond donors (Lipinski definition) is 0. The monoisotopic (exact) mass is 449 g/mol. The van der Waals surface area contributed by atoms with E-state index in [2.05, 4.69) is 20.9 Å². The first-order chi connectivity index (χ1) is 13.0. The average molecular weight is 451 g/mol. The fourth-order valence-electron chi connectivity index (χ4n) is 2.67. The van der Waals surface area contributed by atoms with E-state index in [0.29, 0.717) is 37.2 Å². The third-order valence-electron chi connectivity index (χ3n) is 3.92. The molecule has 0 fully saturated rings. The molecule has 6 heteroatoms. The molecular formula is C21H21BrClNO3. The fraction of sp³-hybridized carbons (Fsp3) is 0.286. The summed E-state index contributed by atoms with van der Waals surface area (Å²) in [6.07, 6.45) is 0. The second kappa shape index (κ2) is 9.40. The largest absolute Gasteiger partial charge is 0.489 e. The lowest BCUT2D eigenvalue weighted by Crippen LogP contribution is -2.12. The quantitative estimate of drug-likeness (QED) is 0.410. The number of rotatable bonds is 8. The third kappa shape index (κ3) is 5.34. The van der Waals surface area contributed by atoms with Gasteiger partial charge in [-0.15, -0.1) is 0 Å². The lowest BCUT2D eigenvalue weighted by atomic mass is 10.2. The van der Waals surface area contributed by atoms with E-state index in [1.54, 1.807) is 0 Å². The van der Waals surface area contributed by atoms with Crippen molar-refractivity contribution in [2.24, 2.45) is 0 Å². The van der Waals surface area contributed by atoms with Crippen LogP contribution in [0, 0.1) is 13.8 Å². The molecule has 0 aliphatic heterocycles. The molecule has 0 bridgehead atoms. The lowest BCUT2D eigenvalue weighted by Gasteiger charge is -2.12. The summed E-state index contributed by atoms with van der Waals surface area (Å²) < 4.78 is 18.0. The van der Waals surface area contributed by atoms with Crippen molar-refractivity contribution in [3.63, 3.8) is 0 Å². The topological polar surface area (TPSA) is 40.6 Å². The summed E-state index contributed by atoms with van der Waals surface area (Å²) in [5.41, 5.74) is 2.92. The minimum absolute atomic E-state index is 0.413. The van der Waals surface area contributed by atoms with Crippen molar-refractivity contribution in [3.05, 3.63) is 63.2 Å². The molecule has 0 amide bonds. The van der Waals surface area contributed by atoms with Gasteiger partial charge in [0.2, 0.25) is 0 Å². The van der Waals surface area contributed by atoms with Crippen LogP contribution in [0.25, 0.3) is 10.9 Å².